The van der Waals surface area contributed by atoms with Gasteiger partial charge in [-0.15, -0.1) is 16.8 Å². The first-order valence-corrected chi connectivity index (χ1v) is 11.7. The number of ether oxygens (including phenoxy) is 1. The number of thioether (sulfide) groups is 1. The number of allylic oxidation sites excluding steroid dienone is 1. The first-order chi connectivity index (χ1) is 15.8. The first kappa shape index (κ1) is 24.8. The third-order valence-corrected chi connectivity index (χ3v) is 6.02. The second-order valence-corrected chi connectivity index (χ2v) is 8.83. The Morgan fingerprint density at radius 1 is 1.24 bits per heavy atom. The van der Waals surface area contributed by atoms with Crippen molar-refractivity contribution in [1.82, 2.24) is 14.8 Å². The molecule has 1 N–H and O–H groups in total. The molecule has 0 aliphatic carbocycles. The number of halogens is 2. The maximum atomic E-state index is 12.4. The fourth-order valence-corrected chi connectivity index (χ4v) is 4.04. The van der Waals surface area contributed by atoms with Gasteiger partial charge in [0.05, 0.1) is 10.8 Å². The van der Waals surface area contributed by atoms with Gasteiger partial charge >= 0.3 is 0 Å². The minimum absolute atomic E-state index is 0.0686. The average molecular weight is 505 g/mol. The van der Waals surface area contributed by atoms with Gasteiger partial charge in [0.25, 0.3) is 0 Å². The lowest BCUT2D eigenvalue weighted by atomic mass is 10.1. The van der Waals surface area contributed by atoms with E-state index in [1.54, 1.807) is 48.5 Å². The van der Waals surface area contributed by atoms with Gasteiger partial charge in [-0.25, -0.2) is 0 Å². The van der Waals surface area contributed by atoms with Crippen LogP contribution in [0.5, 0.6) is 5.75 Å². The number of aromatic nitrogens is 3. The van der Waals surface area contributed by atoms with Crippen LogP contribution >= 0.6 is 35.0 Å². The molecule has 0 fully saturated rings. The van der Waals surface area contributed by atoms with Crippen molar-refractivity contribution in [2.24, 2.45) is 0 Å². The zero-order chi connectivity index (χ0) is 24.0. The summed E-state index contributed by atoms with van der Waals surface area (Å²) in [6.45, 7) is 7.52. The van der Waals surface area contributed by atoms with Crippen LogP contribution in [0.25, 0.3) is 0 Å². The molecule has 0 spiro atoms. The number of ketones is 1. The van der Waals surface area contributed by atoms with Gasteiger partial charge in [-0.3, -0.25) is 14.2 Å². The molecule has 0 aliphatic heterocycles. The minimum Gasteiger partial charge on any atom is -0.481 e. The molecule has 172 valence electrons. The fraction of sp³-hybridized carbons (Fsp3) is 0.217. The van der Waals surface area contributed by atoms with Crippen molar-refractivity contribution in [2.75, 3.05) is 11.1 Å². The molecule has 0 aliphatic rings. The first-order valence-electron chi connectivity index (χ1n) is 9.97. The lowest BCUT2D eigenvalue weighted by Gasteiger charge is -2.16. The Balaban J connectivity index is 1.69. The number of hydrogen-bond acceptors (Lipinski definition) is 6. The third kappa shape index (κ3) is 6.60. The Bertz CT molecular complexity index is 1180. The normalized spacial score (nSPS) is 11.6. The maximum Gasteiger partial charge on any atom is 0.234 e. The number of carbonyl (C=O) groups excluding carboxylic acids is 2. The van der Waals surface area contributed by atoms with E-state index in [-0.39, 0.29) is 17.4 Å². The number of rotatable bonds is 10. The number of Topliss-reactive ketones (excluding diaryl/α,β-unsaturated/α-hetero) is 1. The van der Waals surface area contributed by atoms with Crippen LogP contribution < -0.4 is 10.1 Å². The highest BCUT2D eigenvalue weighted by Gasteiger charge is 2.21. The molecular weight excluding hydrogens is 483 g/mol. The second kappa shape index (κ2) is 11.4. The molecule has 3 rings (SSSR count). The van der Waals surface area contributed by atoms with Gasteiger partial charge in [0.15, 0.2) is 22.9 Å². The quantitative estimate of drug-likeness (QED) is 0.212. The molecule has 1 unspecified atom stereocenters. The number of anilines is 1. The summed E-state index contributed by atoms with van der Waals surface area (Å²) >= 11 is 13.5. The van der Waals surface area contributed by atoms with E-state index < -0.39 is 6.10 Å². The molecule has 3 aromatic rings. The lowest BCUT2D eigenvalue weighted by molar-refractivity contribution is -0.113. The van der Waals surface area contributed by atoms with Crippen LogP contribution in [-0.4, -0.2) is 32.2 Å². The Hall–Kier alpha value is -2.81. The van der Waals surface area contributed by atoms with Crippen molar-refractivity contribution in [2.45, 2.75) is 31.7 Å². The SMILES string of the molecule is C=CCn1c(SCC(=O)Nc2cccc(C(C)=O)c2)nnc1C(C)Oc1cc(Cl)ccc1Cl. The van der Waals surface area contributed by atoms with Gasteiger partial charge in [-0.05, 0) is 38.1 Å². The summed E-state index contributed by atoms with van der Waals surface area (Å²) in [5, 5.41) is 12.7. The van der Waals surface area contributed by atoms with Gasteiger partial charge in [0, 0.05) is 28.9 Å². The van der Waals surface area contributed by atoms with Crippen LogP contribution in [0.3, 0.4) is 0 Å². The molecule has 0 saturated carbocycles. The molecule has 0 radical (unpaired) electrons. The van der Waals surface area contributed by atoms with E-state index in [1.807, 2.05) is 11.5 Å². The predicted octanol–water partition coefficient (Wildman–Crippen LogP) is 5.84. The standard InChI is InChI=1S/C23H22Cl2N4O3S/c1-4-10-29-22(15(3)32-20-12-17(24)8-9-19(20)25)27-28-23(29)33-13-21(31)26-18-7-5-6-16(11-18)14(2)30/h4-9,11-12,15H,1,10,13H2,2-3H3,(H,26,31). The van der Waals surface area contributed by atoms with Gasteiger partial charge in [0.2, 0.25) is 5.91 Å². The highest BCUT2D eigenvalue weighted by atomic mass is 35.5. The van der Waals surface area contributed by atoms with Crippen LogP contribution in [0.4, 0.5) is 5.69 Å². The summed E-state index contributed by atoms with van der Waals surface area (Å²) in [5.41, 5.74) is 1.09. The second-order valence-electron chi connectivity index (χ2n) is 7.05. The topological polar surface area (TPSA) is 86.1 Å². The third-order valence-electron chi connectivity index (χ3n) is 4.50. The van der Waals surface area contributed by atoms with Crippen LogP contribution in [0, 0.1) is 0 Å². The van der Waals surface area contributed by atoms with Crippen molar-refractivity contribution in [3.63, 3.8) is 0 Å². The highest BCUT2D eigenvalue weighted by molar-refractivity contribution is 7.99. The predicted molar refractivity (Wildman–Crippen MR) is 132 cm³/mol. The molecule has 7 nitrogen and oxygen atoms in total. The number of carbonyl (C=O) groups is 2. The van der Waals surface area contributed by atoms with Crippen molar-refractivity contribution >= 4 is 52.3 Å². The van der Waals surface area contributed by atoms with Crippen LogP contribution in [0.1, 0.15) is 36.1 Å². The Morgan fingerprint density at radius 2 is 2.03 bits per heavy atom. The molecule has 0 saturated heterocycles. The van der Waals surface area contributed by atoms with Crippen LogP contribution in [0.2, 0.25) is 10.0 Å². The molecular formula is C23H22Cl2N4O3S. The fourth-order valence-electron chi connectivity index (χ4n) is 2.96. The summed E-state index contributed by atoms with van der Waals surface area (Å²) in [7, 11) is 0. The van der Waals surface area contributed by atoms with E-state index in [2.05, 4.69) is 22.1 Å². The van der Waals surface area contributed by atoms with Gasteiger partial charge < -0.3 is 10.1 Å². The van der Waals surface area contributed by atoms with E-state index in [9.17, 15) is 9.59 Å². The van der Waals surface area contributed by atoms with Gasteiger partial charge in [0.1, 0.15) is 5.75 Å². The molecule has 0 bridgehead atoms. The van der Waals surface area contributed by atoms with Crippen molar-refractivity contribution in [3.8, 4) is 5.75 Å². The lowest BCUT2D eigenvalue weighted by Crippen LogP contribution is -2.16. The van der Waals surface area contributed by atoms with Crippen molar-refractivity contribution in [3.05, 3.63) is 76.6 Å². The molecule has 33 heavy (non-hydrogen) atoms. The smallest absolute Gasteiger partial charge is 0.234 e. The highest BCUT2D eigenvalue weighted by Crippen LogP contribution is 2.32. The van der Waals surface area contributed by atoms with Crippen LogP contribution in [-0.2, 0) is 11.3 Å². The van der Waals surface area contributed by atoms with Gasteiger partial charge in [-0.2, -0.15) is 0 Å². The monoisotopic (exact) mass is 504 g/mol. The molecule has 1 amide bonds. The minimum atomic E-state index is -0.481. The van der Waals surface area contributed by atoms with E-state index in [0.29, 0.717) is 44.6 Å². The molecule has 1 atom stereocenters. The summed E-state index contributed by atoms with van der Waals surface area (Å²) in [5.74, 6) is 0.801. The summed E-state index contributed by atoms with van der Waals surface area (Å²) in [6.07, 6.45) is 1.23. The van der Waals surface area contributed by atoms with E-state index in [0.717, 1.165) is 0 Å². The number of nitrogens with zero attached hydrogens (tertiary/aromatic N) is 3. The Labute approximate surface area is 206 Å². The maximum absolute atomic E-state index is 12.4. The van der Waals surface area contributed by atoms with E-state index in [4.69, 9.17) is 27.9 Å². The molecule has 2 aromatic carbocycles. The van der Waals surface area contributed by atoms with Crippen LogP contribution in [0.15, 0.2) is 60.3 Å². The van der Waals surface area contributed by atoms with E-state index in [1.165, 1.54) is 18.7 Å². The summed E-state index contributed by atoms with van der Waals surface area (Å²) in [4.78, 5) is 24.0. The Morgan fingerprint density at radius 3 is 2.76 bits per heavy atom. The Kier molecular flexibility index (Phi) is 8.55. The largest absolute Gasteiger partial charge is 0.481 e. The average Bonchev–Trinajstić information content (AvgIpc) is 3.18. The van der Waals surface area contributed by atoms with Gasteiger partial charge in [-0.1, -0.05) is 53.2 Å². The number of benzene rings is 2. The number of hydrogen-bond donors (Lipinski definition) is 1. The number of amides is 1. The molecule has 1 aromatic heterocycles. The molecule has 1 heterocycles. The van der Waals surface area contributed by atoms with E-state index >= 15 is 0 Å². The van der Waals surface area contributed by atoms with Crippen molar-refractivity contribution in [1.29, 1.82) is 0 Å². The number of nitrogens with one attached hydrogen (secondary N) is 1. The summed E-state index contributed by atoms with van der Waals surface area (Å²) < 4.78 is 7.78. The summed E-state index contributed by atoms with van der Waals surface area (Å²) in [6, 6.07) is 11.8. The zero-order valence-corrected chi connectivity index (χ0v) is 20.4. The zero-order valence-electron chi connectivity index (χ0n) is 18.0. The van der Waals surface area contributed by atoms with Crippen molar-refractivity contribution < 1.29 is 14.3 Å². The molecule has 10 heteroatoms.